The van der Waals surface area contributed by atoms with E-state index in [1.165, 1.54) is 25.7 Å². The molecule has 0 saturated heterocycles. The predicted molar refractivity (Wildman–Crippen MR) is 32.7 cm³/mol. The highest BCUT2D eigenvalue weighted by Gasteiger charge is 2.11. The second kappa shape index (κ2) is 2.52. The molecule has 42 valence electrons. The van der Waals surface area contributed by atoms with Gasteiger partial charge < -0.3 is 4.57 Å². The summed E-state index contributed by atoms with van der Waals surface area (Å²) in [6, 6.07) is 0. The summed E-state index contributed by atoms with van der Waals surface area (Å²) in [6.07, 6.45) is 5.11. The topological polar surface area (TPSA) is 17.1 Å². The zero-order valence-electron chi connectivity index (χ0n) is 4.39. The molecule has 1 aliphatic carbocycles. The van der Waals surface area contributed by atoms with E-state index in [0.29, 0.717) is 5.66 Å². The molecule has 0 aromatic rings. The standard InChI is InChI=1S/C5H11OP/c6-7-5-3-1-2-4-5/h5H,1-4,7H2. The lowest BCUT2D eigenvalue weighted by atomic mass is 10.4. The average Bonchev–Trinajstić information content (AvgIpc) is 2.14. The highest BCUT2D eigenvalue weighted by Crippen LogP contribution is 2.27. The van der Waals surface area contributed by atoms with Crippen LogP contribution < -0.4 is 0 Å². The fourth-order valence-corrected chi connectivity index (χ4v) is 1.84. The summed E-state index contributed by atoms with van der Waals surface area (Å²) in [5.41, 5.74) is 0.625. The van der Waals surface area contributed by atoms with Gasteiger partial charge in [0.05, 0.1) is 8.46 Å². The van der Waals surface area contributed by atoms with E-state index in [9.17, 15) is 4.57 Å². The molecule has 0 bridgehead atoms. The van der Waals surface area contributed by atoms with E-state index >= 15 is 0 Å². The molecular weight excluding hydrogens is 107 g/mol. The van der Waals surface area contributed by atoms with Gasteiger partial charge in [0.1, 0.15) is 0 Å². The van der Waals surface area contributed by atoms with Crippen molar-refractivity contribution in [1.29, 1.82) is 0 Å². The quantitative estimate of drug-likeness (QED) is 0.479. The van der Waals surface area contributed by atoms with Crippen molar-refractivity contribution < 1.29 is 4.57 Å². The van der Waals surface area contributed by atoms with Gasteiger partial charge in [-0.25, -0.2) is 0 Å². The number of rotatable bonds is 1. The third-order valence-corrected chi connectivity index (χ3v) is 2.64. The maximum Gasteiger partial charge on any atom is 0.0674 e. The molecule has 0 aromatic heterocycles. The van der Waals surface area contributed by atoms with Gasteiger partial charge in [-0.2, -0.15) is 0 Å². The monoisotopic (exact) mass is 118 g/mol. The molecule has 1 unspecified atom stereocenters. The van der Waals surface area contributed by atoms with Crippen LogP contribution in [0, 0.1) is 0 Å². The molecule has 2 heteroatoms. The Hall–Kier alpha value is 0.230. The molecule has 0 spiro atoms. The number of hydrogen-bond donors (Lipinski definition) is 0. The van der Waals surface area contributed by atoms with Crippen LogP contribution >= 0.6 is 8.46 Å². The summed E-state index contributed by atoms with van der Waals surface area (Å²) in [5.74, 6) is 0. The first-order valence-electron chi connectivity index (χ1n) is 2.89. The van der Waals surface area contributed by atoms with Gasteiger partial charge in [-0.15, -0.1) is 0 Å². The third kappa shape index (κ3) is 1.31. The molecule has 1 fully saturated rings. The summed E-state index contributed by atoms with van der Waals surface area (Å²) in [5, 5.41) is 0. The van der Waals surface area contributed by atoms with Crippen molar-refractivity contribution in [3.63, 3.8) is 0 Å². The largest absolute Gasteiger partial charge is 0.330 e. The summed E-state index contributed by atoms with van der Waals surface area (Å²) in [6.45, 7) is 0. The van der Waals surface area contributed by atoms with Crippen molar-refractivity contribution in [2.75, 3.05) is 0 Å². The fourth-order valence-electron chi connectivity index (χ4n) is 1.09. The Labute approximate surface area is 45.3 Å². The van der Waals surface area contributed by atoms with Crippen LogP contribution in [0.1, 0.15) is 25.7 Å². The lowest BCUT2D eigenvalue weighted by molar-refractivity contribution is 0.590. The van der Waals surface area contributed by atoms with Crippen LogP contribution in [0.5, 0.6) is 0 Å². The van der Waals surface area contributed by atoms with Crippen LogP contribution in [0.25, 0.3) is 0 Å². The zero-order chi connectivity index (χ0) is 5.11. The highest BCUT2D eigenvalue weighted by molar-refractivity contribution is 7.24. The van der Waals surface area contributed by atoms with Crippen LogP contribution in [-0.2, 0) is 4.57 Å². The fraction of sp³-hybridized carbons (Fsp3) is 1.00. The van der Waals surface area contributed by atoms with E-state index in [-0.39, 0.29) is 0 Å². The first-order chi connectivity index (χ1) is 3.43. The summed E-state index contributed by atoms with van der Waals surface area (Å²) >= 11 is 0. The molecule has 1 atom stereocenters. The Morgan fingerprint density at radius 1 is 1.29 bits per heavy atom. The smallest absolute Gasteiger partial charge is 0.0674 e. The molecule has 1 nitrogen and oxygen atoms in total. The van der Waals surface area contributed by atoms with Gasteiger partial charge in [-0.05, 0) is 12.8 Å². The molecule has 0 aliphatic heterocycles. The lowest BCUT2D eigenvalue weighted by Crippen LogP contribution is -1.84. The summed E-state index contributed by atoms with van der Waals surface area (Å²) < 4.78 is 10.2. The first-order valence-corrected chi connectivity index (χ1v) is 4.02. The third-order valence-electron chi connectivity index (χ3n) is 1.59. The van der Waals surface area contributed by atoms with Gasteiger partial charge in [0.25, 0.3) is 0 Å². The van der Waals surface area contributed by atoms with Crippen molar-refractivity contribution in [3.05, 3.63) is 0 Å². The minimum absolute atomic E-state index is 0.449. The van der Waals surface area contributed by atoms with Gasteiger partial charge in [-0.3, -0.25) is 0 Å². The summed E-state index contributed by atoms with van der Waals surface area (Å²) in [7, 11) is -0.449. The summed E-state index contributed by atoms with van der Waals surface area (Å²) in [4.78, 5) is 0. The Balaban J connectivity index is 2.26. The molecule has 7 heavy (non-hydrogen) atoms. The maximum atomic E-state index is 10.2. The minimum atomic E-state index is -0.449. The minimum Gasteiger partial charge on any atom is -0.330 e. The first kappa shape index (κ1) is 5.37. The lowest BCUT2D eigenvalue weighted by Gasteiger charge is -1.91. The Morgan fingerprint density at radius 3 is 2.14 bits per heavy atom. The van der Waals surface area contributed by atoms with Gasteiger partial charge in [0, 0.05) is 5.66 Å². The van der Waals surface area contributed by atoms with E-state index in [0.717, 1.165) is 0 Å². The maximum absolute atomic E-state index is 10.2. The number of hydrogen-bond acceptors (Lipinski definition) is 1. The SMILES string of the molecule is O=[PH2]C1CCCC1. The van der Waals surface area contributed by atoms with Crippen LogP contribution in [-0.4, -0.2) is 5.66 Å². The van der Waals surface area contributed by atoms with Crippen LogP contribution in [0.4, 0.5) is 0 Å². The van der Waals surface area contributed by atoms with E-state index < -0.39 is 8.46 Å². The normalized spacial score (nSPS) is 25.1. The van der Waals surface area contributed by atoms with E-state index in [1.807, 2.05) is 0 Å². The Bertz CT molecular complexity index is 66.5. The van der Waals surface area contributed by atoms with Crippen molar-refractivity contribution in [2.45, 2.75) is 31.3 Å². The Morgan fingerprint density at radius 2 is 1.86 bits per heavy atom. The molecule has 0 radical (unpaired) electrons. The van der Waals surface area contributed by atoms with Crippen molar-refractivity contribution in [2.24, 2.45) is 0 Å². The van der Waals surface area contributed by atoms with Gasteiger partial charge >= 0.3 is 0 Å². The van der Waals surface area contributed by atoms with Crippen molar-refractivity contribution >= 4 is 8.46 Å². The Kier molecular flexibility index (Phi) is 1.93. The molecule has 1 rings (SSSR count). The molecule has 1 aliphatic rings. The predicted octanol–water partition coefficient (Wildman–Crippen LogP) is 1.69. The molecule has 0 amide bonds. The van der Waals surface area contributed by atoms with Crippen LogP contribution in [0.2, 0.25) is 0 Å². The molecular formula is C5H11OP. The second-order valence-electron chi connectivity index (χ2n) is 2.18. The molecule has 0 N–H and O–H groups in total. The zero-order valence-corrected chi connectivity index (χ0v) is 5.55. The van der Waals surface area contributed by atoms with Gasteiger partial charge in [-0.1, -0.05) is 12.8 Å². The van der Waals surface area contributed by atoms with E-state index in [4.69, 9.17) is 0 Å². The van der Waals surface area contributed by atoms with Crippen LogP contribution in [0.15, 0.2) is 0 Å². The van der Waals surface area contributed by atoms with E-state index in [2.05, 4.69) is 0 Å². The average molecular weight is 118 g/mol. The highest BCUT2D eigenvalue weighted by atomic mass is 31.1. The van der Waals surface area contributed by atoms with Gasteiger partial charge in [0.15, 0.2) is 0 Å². The van der Waals surface area contributed by atoms with Gasteiger partial charge in [0.2, 0.25) is 0 Å². The molecule has 1 saturated carbocycles. The van der Waals surface area contributed by atoms with Crippen LogP contribution in [0.3, 0.4) is 0 Å². The van der Waals surface area contributed by atoms with Crippen molar-refractivity contribution in [3.8, 4) is 0 Å². The molecule has 0 heterocycles. The second-order valence-corrected chi connectivity index (χ2v) is 3.40. The molecule has 0 aromatic carbocycles. The van der Waals surface area contributed by atoms with Crippen molar-refractivity contribution in [1.82, 2.24) is 0 Å². The van der Waals surface area contributed by atoms with E-state index in [1.54, 1.807) is 0 Å².